The molecule has 1 aliphatic rings. The van der Waals surface area contributed by atoms with Crippen molar-refractivity contribution in [2.75, 3.05) is 13.1 Å². The lowest BCUT2D eigenvalue weighted by molar-refractivity contribution is 0.0873. The number of hydrogen-bond donors (Lipinski definition) is 1. The fourth-order valence-corrected chi connectivity index (χ4v) is 3.46. The van der Waals surface area contributed by atoms with Crippen molar-refractivity contribution in [2.24, 2.45) is 17.6 Å². The first-order chi connectivity index (χ1) is 8.13. The van der Waals surface area contributed by atoms with Gasteiger partial charge in [0.25, 0.3) is 0 Å². The highest BCUT2D eigenvalue weighted by molar-refractivity contribution is 4.89. The van der Waals surface area contributed by atoms with E-state index in [2.05, 4.69) is 32.6 Å². The molecule has 0 aromatic heterocycles. The second kappa shape index (κ2) is 7.38. The summed E-state index contributed by atoms with van der Waals surface area (Å²) in [7, 11) is 0. The third kappa shape index (κ3) is 3.96. The summed E-state index contributed by atoms with van der Waals surface area (Å²) in [6, 6.07) is 1.52. The van der Waals surface area contributed by atoms with E-state index in [0.29, 0.717) is 0 Å². The van der Waals surface area contributed by atoms with Gasteiger partial charge in [0.05, 0.1) is 0 Å². The molecule has 2 unspecified atom stereocenters. The number of nitrogens with zero attached hydrogens (tertiary/aromatic N) is 1. The molecule has 1 rings (SSSR count). The molecule has 2 atom stereocenters. The third-order valence-corrected chi connectivity index (χ3v) is 4.34. The molecule has 2 nitrogen and oxygen atoms in total. The average molecular weight is 240 g/mol. The highest BCUT2D eigenvalue weighted by Gasteiger charge is 2.33. The predicted octanol–water partition coefficient (Wildman–Crippen LogP) is 3.26. The monoisotopic (exact) mass is 240 g/mol. The molecule has 0 radical (unpaired) electrons. The van der Waals surface area contributed by atoms with Gasteiger partial charge in [0.1, 0.15) is 0 Å². The van der Waals surface area contributed by atoms with E-state index in [1.165, 1.54) is 38.6 Å². The SMILES string of the molecule is CCC(CC)N(CC(C)C)C1CCCC1CN. The minimum atomic E-state index is 0.745. The fraction of sp³-hybridized carbons (Fsp3) is 1.00. The first kappa shape index (κ1) is 15.0. The summed E-state index contributed by atoms with van der Waals surface area (Å²) in [6.45, 7) is 11.4. The molecule has 1 saturated carbocycles. The lowest BCUT2D eigenvalue weighted by Crippen LogP contribution is -2.47. The summed E-state index contributed by atoms with van der Waals surface area (Å²) < 4.78 is 0. The van der Waals surface area contributed by atoms with Crippen LogP contribution in [0.3, 0.4) is 0 Å². The van der Waals surface area contributed by atoms with Gasteiger partial charge in [-0.3, -0.25) is 4.90 Å². The Kier molecular flexibility index (Phi) is 6.50. The Morgan fingerprint density at radius 3 is 2.29 bits per heavy atom. The highest BCUT2D eigenvalue weighted by Crippen LogP contribution is 2.32. The highest BCUT2D eigenvalue weighted by atomic mass is 15.2. The molecular formula is C15H32N2. The van der Waals surface area contributed by atoms with Gasteiger partial charge in [-0.05, 0) is 44.1 Å². The molecule has 0 heterocycles. The van der Waals surface area contributed by atoms with Crippen LogP contribution in [0.15, 0.2) is 0 Å². The second-order valence-electron chi connectivity index (χ2n) is 6.05. The molecule has 2 heteroatoms. The Hall–Kier alpha value is -0.0800. The Bertz CT molecular complexity index is 199. The maximum absolute atomic E-state index is 5.95. The van der Waals surface area contributed by atoms with Crippen molar-refractivity contribution in [1.29, 1.82) is 0 Å². The molecule has 0 aromatic rings. The maximum Gasteiger partial charge on any atom is 0.0139 e. The molecule has 0 bridgehead atoms. The van der Waals surface area contributed by atoms with Gasteiger partial charge in [-0.25, -0.2) is 0 Å². The van der Waals surface area contributed by atoms with Crippen LogP contribution in [-0.4, -0.2) is 30.1 Å². The van der Waals surface area contributed by atoms with E-state index < -0.39 is 0 Å². The lowest BCUT2D eigenvalue weighted by atomic mass is 9.97. The molecule has 0 saturated heterocycles. The van der Waals surface area contributed by atoms with Crippen molar-refractivity contribution < 1.29 is 0 Å². The van der Waals surface area contributed by atoms with Crippen molar-refractivity contribution in [3.8, 4) is 0 Å². The van der Waals surface area contributed by atoms with Gasteiger partial charge in [0, 0.05) is 18.6 Å². The standard InChI is InChI=1S/C15H32N2/c1-5-14(6-2)17(11-12(3)4)15-9-7-8-13(15)10-16/h12-15H,5-11,16H2,1-4H3. The van der Waals surface area contributed by atoms with E-state index >= 15 is 0 Å². The number of rotatable bonds is 7. The minimum absolute atomic E-state index is 0.745. The molecule has 102 valence electrons. The van der Waals surface area contributed by atoms with E-state index in [4.69, 9.17) is 5.73 Å². The molecule has 0 aliphatic heterocycles. The zero-order chi connectivity index (χ0) is 12.8. The smallest absolute Gasteiger partial charge is 0.0139 e. The number of nitrogens with two attached hydrogens (primary N) is 1. The van der Waals surface area contributed by atoms with Gasteiger partial charge in [-0.1, -0.05) is 34.1 Å². The van der Waals surface area contributed by atoms with Gasteiger partial charge < -0.3 is 5.73 Å². The predicted molar refractivity (Wildman–Crippen MR) is 76.1 cm³/mol. The summed E-state index contributed by atoms with van der Waals surface area (Å²) in [5.74, 6) is 1.50. The number of hydrogen-bond acceptors (Lipinski definition) is 2. The maximum atomic E-state index is 5.95. The molecule has 17 heavy (non-hydrogen) atoms. The molecule has 0 amide bonds. The first-order valence-corrected chi connectivity index (χ1v) is 7.59. The van der Waals surface area contributed by atoms with Crippen molar-refractivity contribution in [1.82, 2.24) is 4.90 Å². The molecule has 0 spiro atoms. The second-order valence-corrected chi connectivity index (χ2v) is 6.05. The van der Waals surface area contributed by atoms with Crippen molar-refractivity contribution in [3.63, 3.8) is 0 Å². The Morgan fingerprint density at radius 2 is 1.82 bits per heavy atom. The summed E-state index contributed by atoms with van der Waals surface area (Å²) >= 11 is 0. The van der Waals surface area contributed by atoms with Crippen molar-refractivity contribution in [2.45, 2.75) is 71.9 Å². The lowest BCUT2D eigenvalue weighted by Gasteiger charge is -2.39. The van der Waals surface area contributed by atoms with Crippen LogP contribution in [0, 0.1) is 11.8 Å². The van der Waals surface area contributed by atoms with E-state index in [-0.39, 0.29) is 0 Å². The van der Waals surface area contributed by atoms with E-state index in [1.54, 1.807) is 0 Å². The van der Waals surface area contributed by atoms with Crippen molar-refractivity contribution >= 4 is 0 Å². The molecule has 1 aliphatic carbocycles. The summed E-state index contributed by atoms with van der Waals surface area (Å²) in [6.07, 6.45) is 6.64. The van der Waals surface area contributed by atoms with Crippen molar-refractivity contribution in [3.05, 3.63) is 0 Å². The van der Waals surface area contributed by atoms with Crippen LogP contribution in [-0.2, 0) is 0 Å². The topological polar surface area (TPSA) is 29.3 Å². The van der Waals surface area contributed by atoms with Crippen LogP contribution in [0.1, 0.15) is 59.8 Å². The van der Waals surface area contributed by atoms with Crippen LogP contribution < -0.4 is 5.73 Å². The summed E-state index contributed by atoms with van der Waals surface area (Å²) in [5.41, 5.74) is 5.95. The van der Waals surface area contributed by atoms with Gasteiger partial charge in [0.2, 0.25) is 0 Å². The quantitative estimate of drug-likeness (QED) is 0.740. The average Bonchev–Trinajstić information content (AvgIpc) is 2.76. The third-order valence-electron chi connectivity index (χ3n) is 4.34. The van der Waals surface area contributed by atoms with E-state index in [9.17, 15) is 0 Å². The molecular weight excluding hydrogens is 208 g/mol. The normalized spacial score (nSPS) is 25.4. The van der Waals surface area contributed by atoms with Gasteiger partial charge in [-0.2, -0.15) is 0 Å². The van der Waals surface area contributed by atoms with E-state index in [0.717, 1.165) is 30.5 Å². The van der Waals surface area contributed by atoms with Gasteiger partial charge >= 0.3 is 0 Å². The van der Waals surface area contributed by atoms with Crippen LogP contribution >= 0.6 is 0 Å². The van der Waals surface area contributed by atoms with Crippen LogP contribution in [0.4, 0.5) is 0 Å². The zero-order valence-corrected chi connectivity index (χ0v) is 12.3. The Balaban J connectivity index is 2.73. The van der Waals surface area contributed by atoms with Crippen LogP contribution in [0.5, 0.6) is 0 Å². The Morgan fingerprint density at radius 1 is 1.18 bits per heavy atom. The van der Waals surface area contributed by atoms with E-state index in [1.807, 2.05) is 0 Å². The fourth-order valence-electron chi connectivity index (χ4n) is 3.46. The summed E-state index contributed by atoms with van der Waals surface area (Å²) in [5, 5.41) is 0. The molecule has 1 fully saturated rings. The zero-order valence-electron chi connectivity index (χ0n) is 12.3. The van der Waals surface area contributed by atoms with Gasteiger partial charge in [0.15, 0.2) is 0 Å². The Labute approximate surface area is 108 Å². The molecule has 2 N–H and O–H groups in total. The van der Waals surface area contributed by atoms with Gasteiger partial charge in [-0.15, -0.1) is 0 Å². The summed E-state index contributed by atoms with van der Waals surface area (Å²) in [4.78, 5) is 2.79. The largest absolute Gasteiger partial charge is 0.330 e. The first-order valence-electron chi connectivity index (χ1n) is 7.59. The van der Waals surface area contributed by atoms with Crippen LogP contribution in [0.2, 0.25) is 0 Å². The molecule has 0 aromatic carbocycles. The van der Waals surface area contributed by atoms with Crippen LogP contribution in [0.25, 0.3) is 0 Å². The minimum Gasteiger partial charge on any atom is -0.330 e.